The first-order valence-corrected chi connectivity index (χ1v) is 5.93. The standard InChI is InChI=1S/C13H17NO4/c1-9-3-2-4-11(12(9)16)13(17)14-5-6-18-10(7-14)8-15/h2-4,10,15-16H,5-8H2,1H3. The second-order valence-corrected chi connectivity index (χ2v) is 4.40. The van der Waals surface area contributed by atoms with Gasteiger partial charge in [0.25, 0.3) is 5.91 Å². The van der Waals surface area contributed by atoms with Crippen molar-refractivity contribution in [3.05, 3.63) is 29.3 Å². The van der Waals surface area contributed by atoms with Crippen molar-refractivity contribution in [1.29, 1.82) is 0 Å². The number of hydrogen-bond acceptors (Lipinski definition) is 4. The molecule has 1 aliphatic heterocycles. The molecule has 1 heterocycles. The van der Waals surface area contributed by atoms with Gasteiger partial charge in [0.1, 0.15) is 5.75 Å². The molecule has 1 unspecified atom stereocenters. The number of phenolic OH excluding ortho intramolecular Hbond substituents is 1. The number of carbonyl (C=O) groups excluding carboxylic acids is 1. The quantitative estimate of drug-likeness (QED) is 0.804. The molecule has 0 bridgehead atoms. The zero-order chi connectivity index (χ0) is 13.1. The molecule has 2 rings (SSSR count). The van der Waals surface area contributed by atoms with Gasteiger partial charge < -0.3 is 19.8 Å². The minimum absolute atomic E-state index is 0.0227. The summed E-state index contributed by atoms with van der Waals surface area (Å²) < 4.78 is 5.29. The van der Waals surface area contributed by atoms with Crippen LogP contribution in [0.25, 0.3) is 0 Å². The lowest BCUT2D eigenvalue weighted by Crippen LogP contribution is -2.46. The van der Waals surface area contributed by atoms with E-state index in [9.17, 15) is 9.90 Å². The zero-order valence-corrected chi connectivity index (χ0v) is 10.3. The molecule has 1 aromatic carbocycles. The highest BCUT2D eigenvalue weighted by Gasteiger charge is 2.26. The van der Waals surface area contributed by atoms with Crippen LogP contribution in [0.5, 0.6) is 5.75 Å². The van der Waals surface area contributed by atoms with Crippen LogP contribution in [0.4, 0.5) is 0 Å². The molecule has 98 valence electrons. The summed E-state index contributed by atoms with van der Waals surface area (Å²) in [6, 6.07) is 5.10. The van der Waals surface area contributed by atoms with Crippen LogP contribution in [0.3, 0.4) is 0 Å². The van der Waals surface area contributed by atoms with E-state index in [1.165, 1.54) is 0 Å². The SMILES string of the molecule is Cc1cccc(C(=O)N2CCOC(CO)C2)c1O. The van der Waals surface area contributed by atoms with Crippen LogP contribution in [-0.4, -0.2) is 53.4 Å². The van der Waals surface area contributed by atoms with Crippen LogP contribution >= 0.6 is 0 Å². The smallest absolute Gasteiger partial charge is 0.257 e. The molecule has 2 N–H and O–H groups in total. The lowest BCUT2D eigenvalue weighted by atomic mass is 10.1. The molecule has 0 radical (unpaired) electrons. The molecule has 1 saturated heterocycles. The van der Waals surface area contributed by atoms with Gasteiger partial charge in [-0.3, -0.25) is 4.79 Å². The monoisotopic (exact) mass is 251 g/mol. The Bertz CT molecular complexity index is 447. The molecule has 1 aliphatic rings. The van der Waals surface area contributed by atoms with E-state index in [-0.39, 0.29) is 24.4 Å². The van der Waals surface area contributed by atoms with Gasteiger partial charge >= 0.3 is 0 Å². The highest BCUT2D eigenvalue weighted by molar-refractivity contribution is 5.97. The van der Waals surface area contributed by atoms with Crippen molar-refractivity contribution in [2.75, 3.05) is 26.3 Å². The number of carbonyl (C=O) groups is 1. The Kier molecular flexibility index (Phi) is 3.84. The van der Waals surface area contributed by atoms with Gasteiger partial charge in [-0.05, 0) is 18.6 Å². The lowest BCUT2D eigenvalue weighted by Gasteiger charge is -2.32. The van der Waals surface area contributed by atoms with Gasteiger partial charge in [-0.1, -0.05) is 12.1 Å². The molecule has 5 heteroatoms. The second kappa shape index (κ2) is 5.37. The Morgan fingerprint density at radius 1 is 1.56 bits per heavy atom. The maximum absolute atomic E-state index is 12.3. The Morgan fingerprint density at radius 2 is 2.33 bits per heavy atom. The van der Waals surface area contributed by atoms with Gasteiger partial charge in [-0.25, -0.2) is 0 Å². The van der Waals surface area contributed by atoms with E-state index in [4.69, 9.17) is 9.84 Å². The molecule has 0 saturated carbocycles. The fourth-order valence-corrected chi connectivity index (χ4v) is 2.02. The summed E-state index contributed by atoms with van der Waals surface area (Å²) in [4.78, 5) is 13.9. The molecule has 1 atom stereocenters. The minimum Gasteiger partial charge on any atom is -0.507 e. The van der Waals surface area contributed by atoms with Gasteiger partial charge in [0.15, 0.2) is 0 Å². The predicted molar refractivity (Wildman–Crippen MR) is 65.6 cm³/mol. The van der Waals surface area contributed by atoms with E-state index < -0.39 is 0 Å². The van der Waals surface area contributed by atoms with E-state index in [1.807, 2.05) is 0 Å². The Hall–Kier alpha value is -1.59. The summed E-state index contributed by atoms with van der Waals surface area (Å²) in [6.07, 6.45) is -0.338. The third-order valence-electron chi connectivity index (χ3n) is 3.10. The molecule has 1 fully saturated rings. The summed E-state index contributed by atoms with van der Waals surface area (Å²) in [7, 11) is 0. The van der Waals surface area contributed by atoms with Gasteiger partial charge in [0.05, 0.1) is 24.9 Å². The lowest BCUT2D eigenvalue weighted by molar-refractivity contribution is -0.0447. The third-order valence-corrected chi connectivity index (χ3v) is 3.10. The van der Waals surface area contributed by atoms with E-state index in [0.29, 0.717) is 30.8 Å². The normalized spacial score (nSPS) is 19.9. The first kappa shape index (κ1) is 12.9. The Morgan fingerprint density at radius 3 is 3.06 bits per heavy atom. The van der Waals surface area contributed by atoms with Crippen LogP contribution in [0.15, 0.2) is 18.2 Å². The fraction of sp³-hybridized carbons (Fsp3) is 0.462. The van der Waals surface area contributed by atoms with Crippen LogP contribution in [0.1, 0.15) is 15.9 Å². The van der Waals surface area contributed by atoms with Crippen molar-refractivity contribution in [2.45, 2.75) is 13.0 Å². The van der Waals surface area contributed by atoms with Crippen LogP contribution in [0.2, 0.25) is 0 Å². The van der Waals surface area contributed by atoms with Crippen molar-refractivity contribution < 1.29 is 19.7 Å². The summed E-state index contributed by atoms with van der Waals surface area (Å²) in [6.45, 7) is 2.88. The minimum atomic E-state index is -0.338. The summed E-state index contributed by atoms with van der Waals surface area (Å²) in [5, 5.41) is 18.9. The molecule has 18 heavy (non-hydrogen) atoms. The van der Waals surface area contributed by atoms with Gasteiger partial charge in [-0.2, -0.15) is 0 Å². The molecule has 1 aromatic rings. The molecular weight excluding hydrogens is 234 g/mol. The summed E-state index contributed by atoms with van der Waals surface area (Å²) >= 11 is 0. The number of aryl methyl sites for hydroxylation is 1. The number of para-hydroxylation sites is 1. The third kappa shape index (κ3) is 2.47. The first-order valence-electron chi connectivity index (χ1n) is 5.93. The highest BCUT2D eigenvalue weighted by Crippen LogP contribution is 2.23. The second-order valence-electron chi connectivity index (χ2n) is 4.40. The number of aromatic hydroxyl groups is 1. The average Bonchev–Trinajstić information content (AvgIpc) is 2.41. The van der Waals surface area contributed by atoms with Crippen molar-refractivity contribution in [1.82, 2.24) is 4.90 Å². The molecule has 0 aliphatic carbocycles. The fourth-order valence-electron chi connectivity index (χ4n) is 2.02. The van der Waals surface area contributed by atoms with Gasteiger partial charge in [0, 0.05) is 13.1 Å². The highest BCUT2D eigenvalue weighted by atomic mass is 16.5. The van der Waals surface area contributed by atoms with E-state index in [0.717, 1.165) is 0 Å². The average molecular weight is 251 g/mol. The van der Waals surface area contributed by atoms with E-state index >= 15 is 0 Å². The summed E-state index contributed by atoms with van der Waals surface area (Å²) in [5.74, 6) is -0.201. The number of phenols is 1. The maximum Gasteiger partial charge on any atom is 0.257 e. The van der Waals surface area contributed by atoms with Crippen LogP contribution in [0, 0.1) is 6.92 Å². The number of nitrogens with zero attached hydrogens (tertiary/aromatic N) is 1. The molecular formula is C13H17NO4. The summed E-state index contributed by atoms with van der Waals surface area (Å²) in [5.41, 5.74) is 0.974. The van der Waals surface area contributed by atoms with Crippen LogP contribution in [-0.2, 0) is 4.74 Å². The van der Waals surface area contributed by atoms with Crippen molar-refractivity contribution in [3.8, 4) is 5.75 Å². The number of rotatable bonds is 2. The number of hydrogen-bond donors (Lipinski definition) is 2. The largest absolute Gasteiger partial charge is 0.507 e. The number of amides is 1. The Labute approximate surface area is 106 Å². The molecule has 1 amide bonds. The van der Waals surface area contributed by atoms with Gasteiger partial charge in [-0.15, -0.1) is 0 Å². The van der Waals surface area contributed by atoms with Crippen LogP contribution < -0.4 is 0 Å². The maximum atomic E-state index is 12.3. The first-order chi connectivity index (χ1) is 8.63. The number of benzene rings is 1. The van der Waals surface area contributed by atoms with Crippen molar-refractivity contribution in [2.24, 2.45) is 0 Å². The number of aliphatic hydroxyl groups excluding tert-OH is 1. The molecule has 0 spiro atoms. The topological polar surface area (TPSA) is 70.0 Å². The number of aliphatic hydroxyl groups is 1. The van der Waals surface area contributed by atoms with Crippen molar-refractivity contribution in [3.63, 3.8) is 0 Å². The number of morpholine rings is 1. The predicted octanol–water partition coefficient (Wildman–Crippen LogP) is 0.534. The Balaban J connectivity index is 2.18. The van der Waals surface area contributed by atoms with Crippen molar-refractivity contribution >= 4 is 5.91 Å². The number of ether oxygens (including phenoxy) is 1. The molecule has 0 aromatic heterocycles. The van der Waals surface area contributed by atoms with Gasteiger partial charge in [0.2, 0.25) is 0 Å². The van der Waals surface area contributed by atoms with E-state index in [1.54, 1.807) is 30.0 Å². The van der Waals surface area contributed by atoms with E-state index in [2.05, 4.69) is 0 Å². The zero-order valence-electron chi connectivity index (χ0n) is 10.3. The molecule has 5 nitrogen and oxygen atoms in total.